The lowest BCUT2D eigenvalue weighted by Crippen LogP contribution is -2.17. The average Bonchev–Trinajstić information content (AvgIpc) is 3.40. The topological polar surface area (TPSA) is 119 Å². The van der Waals surface area contributed by atoms with Gasteiger partial charge in [0.1, 0.15) is 22.9 Å². The number of benzene rings is 3. The fourth-order valence-corrected chi connectivity index (χ4v) is 4.88. The van der Waals surface area contributed by atoms with Crippen LogP contribution in [0.1, 0.15) is 21.5 Å². The molecule has 0 radical (unpaired) electrons. The van der Waals surface area contributed by atoms with Crippen LogP contribution in [0.2, 0.25) is 0 Å². The number of carbonyl (C=O) groups is 1. The van der Waals surface area contributed by atoms with Crippen LogP contribution < -0.4 is 11.1 Å². The summed E-state index contributed by atoms with van der Waals surface area (Å²) in [5.41, 5.74) is 12.4. The van der Waals surface area contributed by atoms with Gasteiger partial charge in [0.2, 0.25) is 0 Å². The van der Waals surface area contributed by atoms with Crippen molar-refractivity contribution in [3.63, 3.8) is 0 Å². The predicted molar refractivity (Wildman–Crippen MR) is 161 cm³/mol. The molecule has 6 aromatic rings. The molecule has 4 N–H and O–H groups in total. The number of imidazole rings is 1. The predicted octanol–water partition coefficient (Wildman–Crippen LogP) is 5.72. The summed E-state index contributed by atoms with van der Waals surface area (Å²) < 4.78 is 16.2. The SMILES string of the molecule is Nc1ncccc1-c1nc2ccc(-c3ccccc3)nc2n1-c1ccc(CNCCc2cc(O)c(C=O)cc2F)cc1. The van der Waals surface area contributed by atoms with Gasteiger partial charge in [0.15, 0.2) is 17.8 Å². The molecular formula is C33H27FN6O2. The Morgan fingerprint density at radius 3 is 2.52 bits per heavy atom. The van der Waals surface area contributed by atoms with E-state index in [0.29, 0.717) is 54.2 Å². The highest BCUT2D eigenvalue weighted by molar-refractivity contribution is 5.84. The Balaban J connectivity index is 1.27. The smallest absolute Gasteiger partial charge is 0.165 e. The number of anilines is 1. The quantitative estimate of drug-likeness (QED) is 0.153. The Morgan fingerprint density at radius 2 is 1.76 bits per heavy atom. The second kappa shape index (κ2) is 11.6. The van der Waals surface area contributed by atoms with E-state index >= 15 is 0 Å². The van der Waals surface area contributed by atoms with E-state index in [1.807, 2.05) is 83.4 Å². The summed E-state index contributed by atoms with van der Waals surface area (Å²) >= 11 is 0. The summed E-state index contributed by atoms with van der Waals surface area (Å²) in [7, 11) is 0. The van der Waals surface area contributed by atoms with Crippen molar-refractivity contribution in [3.05, 3.63) is 120 Å². The van der Waals surface area contributed by atoms with Gasteiger partial charge in [0, 0.05) is 24.0 Å². The number of rotatable bonds is 9. The molecule has 0 amide bonds. The Hall–Kier alpha value is -5.41. The number of hydrogen-bond acceptors (Lipinski definition) is 7. The maximum absolute atomic E-state index is 14.2. The summed E-state index contributed by atoms with van der Waals surface area (Å²) in [6.07, 6.45) is 2.45. The lowest BCUT2D eigenvalue weighted by atomic mass is 10.1. The van der Waals surface area contributed by atoms with E-state index in [1.54, 1.807) is 6.20 Å². The van der Waals surface area contributed by atoms with Crippen molar-refractivity contribution in [2.45, 2.75) is 13.0 Å². The zero-order chi connectivity index (χ0) is 29.1. The number of fused-ring (bicyclic) bond motifs is 1. The molecule has 0 aliphatic carbocycles. The zero-order valence-electron chi connectivity index (χ0n) is 22.5. The number of nitrogens with one attached hydrogen (secondary N) is 1. The van der Waals surface area contributed by atoms with Gasteiger partial charge in [-0.15, -0.1) is 0 Å². The summed E-state index contributed by atoms with van der Waals surface area (Å²) in [5.74, 6) is 0.290. The largest absolute Gasteiger partial charge is 0.507 e. The maximum Gasteiger partial charge on any atom is 0.165 e. The van der Waals surface area contributed by atoms with Crippen LogP contribution in [0.25, 0.3) is 39.5 Å². The van der Waals surface area contributed by atoms with Crippen LogP contribution in [-0.4, -0.2) is 37.5 Å². The van der Waals surface area contributed by atoms with Gasteiger partial charge in [-0.25, -0.2) is 19.3 Å². The van der Waals surface area contributed by atoms with E-state index in [4.69, 9.17) is 15.7 Å². The van der Waals surface area contributed by atoms with E-state index in [0.717, 1.165) is 34.1 Å². The highest BCUT2D eigenvalue weighted by Gasteiger charge is 2.18. The first-order valence-corrected chi connectivity index (χ1v) is 13.4. The Bertz CT molecular complexity index is 1890. The molecular weight excluding hydrogens is 531 g/mol. The van der Waals surface area contributed by atoms with E-state index in [-0.39, 0.29) is 11.3 Å². The summed E-state index contributed by atoms with van der Waals surface area (Å²) in [6, 6.07) is 28.0. The van der Waals surface area contributed by atoms with Crippen molar-refractivity contribution in [2.24, 2.45) is 0 Å². The monoisotopic (exact) mass is 558 g/mol. The zero-order valence-corrected chi connectivity index (χ0v) is 22.5. The molecule has 3 aromatic carbocycles. The molecule has 0 bridgehead atoms. The maximum atomic E-state index is 14.2. The lowest BCUT2D eigenvalue weighted by Gasteiger charge is -2.12. The van der Waals surface area contributed by atoms with Gasteiger partial charge in [-0.2, -0.15) is 0 Å². The number of aromatic hydroxyl groups is 1. The number of aldehydes is 1. The highest BCUT2D eigenvalue weighted by atomic mass is 19.1. The van der Waals surface area contributed by atoms with Crippen molar-refractivity contribution in [1.82, 2.24) is 24.8 Å². The Labute approximate surface area is 241 Å². The van der Waals surface area contributed by atoms with Gasteiger partial charge >= 0.3 is 0 Å². The lowest BCUT2D eigenvalue weighted by molar-refractivity contribution is 0.112. The van der Waals surface area contributed by atoms with Crippen LogP contribution in [0.4, 0.5) is 10.2 Å². The van der Waals surface area contributed by atoms with Crippen molar-refractivity contribution < 1.29 is 14.3 Å². The first kappa shape index (κ1) is 26.8. The molecule has 208 valence electrons. The molecule has 0 aliphatic rings. The van der Waals surface area contributed by atoms with Gasteiger partial charge in [0.05, 0.1) is 16.8 Å². The van der Waals surface area contributed by atoms with E-state index in [9.17, 15) is 14.3 Å². The summed E-state index contributed by atoms with van der Waals surface area (Å²) in [6.45, 7) is 1.05. The average molecular weight is 559 g/mol. The number of nitrogens with zero attached hydrogens (tertiary/aromatic N) is 4. The molecule has 0 unspecified atom stereocenters. The third kappa shape index (κ3) is 5.33. The number of nitrogens with two attached hydrogens (primary N) is 1. The fraction of sp³-hybridized carbons (Fsp3) is 0.0909. The molecule has 0 spiro atoms. The molecule has 0 saturated carbocycles. The number of pyridine rings is 2. The molecule has 9 heteroatoms. The molecule has 0 aliphatic heterocycles. The first-order chi connectivity index (χ1) is 20.5. The second-order valence-corrected chi connectivity index (χ2v) is 9.83. The van der Waals surface area contributed by atoms with Crippen LogP contribution >= 0.6 is 0 Å². The van der Waals surface area contributed by atoms with E-state index < -0.39 is 5.82 Å². The fourth-order valence-electron chi connectivity index (χ4n) is 4.88. The Morgan fingerprint density at radius 1 is 0.952 bits per heavy atom. The molecule has 42 heavy (non-hydrogen) atoms. The van der Waals surface area contributed by atoms with Gasteiger partial charge in [-0.1, -0.05) is 42.5 Å². The summed E-state index contributed by atoms with van der Waals surface area (Å²) in [5, 5.41) is 13.2. The highest BCUT2D eigenvalue weighted by Crippen LogP contribution is 2.31. The third-order valence-corrected chi connectivity index (χ3v) is 7.07. The standard InChI is InChI=1S/C33H27FN6O2/c34-27-17-24(20-41)30(42)18-23(27)14-16-36-19-21-8-10-25(11-9-21)40-32(26-7-4-15-37-31(26)35)39-29-13-12-28(38-33(29)40)22-5-2-1-3-6-22/h1-13,15,17-18,20,36,42H,14,16,19H2,(H2,35,37). The third-order valence-electron chi connectivity index (χ3n) is 7.07. The molecule has 3 aromatic heterocycles. The molecule has 0 fully saturated rings. The first-order valence-electron chi connectivity index (χ1n) is 13.4. The normalized spacial score (nSPS) is 11.2. The minimum Gasteiger partial charge on any atom is -0.507 e. The minimum atomic E-state index is -0.511. The van der Waals surface area contributed by atoms with Crippen molar-refractivity contribution in [3.8, 4) is 34.1 Å². The number of aromatic nitrogens is 4. The number of nitrogen functional groups attached to an aromatic ring is 1. The summed E-state index contributed by atoms with van der Waals surface area (Å²) in [4.78, 5) is 25.0. The minimum absolute atomic E-state index is 0.0594. The van der Waals surface area contributed by atoms with E-state index in [1.165, 1.54) is 6.07 Å². The molecule has 6 rings (SSSR count). The van der Waals surface area contributed by atoms with Crippen LogP contribution in [0.3, 0.4) is 0 Å². The molecule has 3 heterocycles. The van der Waals surface area contributed by atoms with Crippen molar-refractivity contribution in [2.75, 3.05) is 12.3 Å². The van der Waals surface area contributed by atoms with Gasteiger partial charge in [-0.05, 0) is 72.6 Å². The van der Waals surface area contributed by atoms with Crippen LogP contribution in [0.15, 0.2) is 97.2 Å². The number of halogens is 1. The molecule has 0 saturated heterocycles. The molecule has 8 nitrogen and oxygen atoms in total. The Kier molecular flexibility index (Phi) is 7.40. The van der Waals surface area contributed by atoms with Crippen LogP contribution in [0, 0.1) is 5.82 Å². The van der Waals surface area contributed by atoms with Gasteiger partial charge in [-0.3, -0.25) is 9.36 Å². The number of phenols is 1. The molecule has 0 atom stereocenters. The number of carbonyl (C=O) groups excluding carboxylic acids is 1. The number of phenolic OH excluding ortho intramolecular Hbond substituents is 1. The van der Waals surface area contributed by atoms with Crippen molar-refractivity contribution >= 4 is 23.3 Å². The number of hydrogen-bond donors (Lipinski definition) is 3. The second-order valence-electron chi connectivity index (χ2n) is 9.83. The van der Waals surface area contributed by atoms with Crippen LogP contribution in [-0.2, 0) is 13.0 Å². The van der Waals surface area contributed by atoms with Gasteiger partial charge in [0.25, 0.3) is 0 Å². The van der Waals surface area contributed by atoms with Gasteiger partial charge < -0.3 is 16.2 Å². The van der Waals surface area contributed by atoms with Crippen molar-refractivity contribution in [1.29, 1.82) is 0 Å². The van der Waals surface area contributed by atoms with E-state index in [2.05, 4.69) is 10.3 Å². The van der Waals surface area contributed by atoms with Crippen LogP contribution in [0.5, 0.6) is 5.75 Å².